The number of hydrogen-bond acceptors (Lipinski definition) is 4. The summed E-state index contributed by atoms with van der Waals surface area (Å²) >= 11 is 3.19. The van der Waals surface area contributed by atoms with Gasteiger partial charge in [-0.2, -0.15) is 0 Å². The summed E-state index contributed by atoms with van der Waals surface area (Å²) < 4.78 is 9.87. The van der Waals surface area contributed by atoms with Crippen LogP contribution in [0.3, 0.4) is 0 Å². The average molecular weight is 281 g/mol. The lowest BCUT2D eigenvalue weighted by molar-refractivity contribution is -0.152. The maximum Gasteiger partial charge on any atom is 0.323 e. The Morgan fingerprint density at radius 3 is 2.33 bits per heavy atom. The number of alkyl halides is 1. The molecule has 5 heteroatoms. The summed E-state index contributed by atoms with van der Waals surface area (Å²) in [7, 11) is 0. The molecule has 15 heavy (non-hydrogen) atoms. The number of halogens is 1. The largest absolute Gasteiger partial charge is 0.465 e. The third kappa shape index (κ3) is 5.77. The van der Waals surface area contributed by atoms with E-state index in [4.69, 9.17) is 9.47 Å². The quantitative estimate of drug-likeness (QED) is 0.552. The fraction of sp³-hybridized carbons (Fsp3) is 0.800. The highest BCUT2D eigenvalue weighted by Gasteiger charge is 2.28. The smallest absolute Gasteiger partial charge is 0.323 e. The molecule has 0 aromatic rings. The van der Waals surface area contributed by atoms with Crippen LogP contribution < -0.4 is 0 Å². The van der Waals surface area contributed by atoms with Gasteiger partial charge in [-0.1, -0.05) is 29.3 Å². The van der Waals surface area contributed by atoms with Gasteiger partial charge in [0.25, 0.3) is 0 Å². The Bertz CT molecular complexity index is 217. The number of esters is 2. The summed E-state index contributed by atoms with van der Waals surface area (Å²) in [5.41, 5.74) is 0. The van der Waals surface area contributed by atoms with Gasteiger partial charge in [0.15, 0.2) is 0 Å². The molecule has 2 unspecified atom stereocenters. The van der Waals surface area contributed by atoms with E-state index in [1.54, 1.807) is 6.92 Å². The van der Waals surface area contributed by atoms with E-state index in [0.717, 1.165) is 6.42 Å². The van der Waals surface area contributed by atoms with Gasteiger partial charge in [-0.3, -0.25) is 9.59 Å². The maximum atomic E-state index is 11.4. The Labute approximate surface area is 98.4 Å². The molecule has 0 amide bonds. The summed E-state index contributed by atoms with van der Waals surface area (Å²) in [5, 5.41) is 0. The number of carbonyl (C=O) groups is 2. The van der Waals surface area contributed by atoms with Crippen LogP contribution in [0.15, 0.2) is 0 Å². The minimum atomic E-state index is -0.582. The molecular formula is C10H17BrO4. The SMILES string of the molecule is CCCC(OC(C)=O)C(Br)C(=O)OCC. The second kappa shape index (κ2) is 7.68. The van der Waals surface area contributed by atoms with Crippen molar-refractivity contribution in [3.63, 3.8) is 0 Å². The van der Waals surface area contributed by atoms with E-state index in [1.807, 2.05) is 6.92 Å². The number of rotatable bonds is 6. The van der Waals surface area contributed by atoms with E-state index in [9.17, 15) is 9.59 Å². The highest BCUT2D eigenvalue weighted by atomic mass is 79.9. The molecule has 0 aliphatic carbocycles. The van der Waals surface area contributed by atoms with Crippen LogP contribution in [-0.2, 0) is 19.1 Å². The van der Waals surface area contributed by atoms with Crippen LogP contribution in [0, 0.1) is 0 Å². The fourth-order valence-electron chi connectivity index (χ4n) is 1.14. The van der Waals surface area contributed by atoms with E-state index >= 15 is 0 Å². The zero-order valence-electron chi connectivity index (χ0n) is 9.29. The molecule has 0 bridgehead atoms. The second-order valence-corrected chi connectivity index (χ2v) is 4.08. The van der Waals surface area contributed by atoms with E-state index in [2.05, 4.69) is 15.9 Å². The Kier molecular flexibility index (Phi) is 7.38. The third-order valence-electron chi connectivity index (χ3n) is 1.73. The average Bonchev–Trinajstić information content (AvgIpc) is 2.16. The van der Waals surface area contributed by atoms with Crippen molar-refractivity contribution in [3.8, 4) is 0 Å². The first-order valence-corrected chi connectivity index (χ1v) is 5.92. The van der Waals surface area contributed by atoms with E-state index < -0.39 is 16.9 Å². The van der Waals surface area contributed by atoms with Gasteiger partial charge in [0.1, 0.15) is 10.9 Å². The lowest BCUT2D eigenvalue weighted by Crippen LogP contribution is -2.33. The molecule has 2 atom stereocenters. The zero-order chi connectivity index (χ0) is 11.8. The normalized spacial score (nSPS) is 14.1. The Balaban J connectivity index is 4.32. The van der Waals surface area contributed by atoms with Crippen molar-refractivity contribution in [1.29, 1.82) is 0 Å². The van der Waals surface area contributed by atoms with Crippen molar-refractivity contribution < 1.29 is 19.1 Å². The standard InChI is InChI=1S/C10H17BrO4/c1-4-6-8(15-7(3)12)9(11)10(13)14-5-2/h8-9H,4-6H2,1-3H3. The summed E-state index contributed by atoms with van der Waals surface area (Å²) in [5.74, 6) is -0.778. The van der Waals surface area contributed by atoms with Crippen molar-refractivity contribution in [3.05, 3.63) is 0 Å². The Morgan fingerprint density at radius 2 is 1.93 bits per heavy atom. The maximum absolute atomic E-state index is 11.4. The monoisotopic (exact) mass is 280 g/mol. The molecule has 0 saturated carbocycles. The van der Waals surface area contributed by atoms with Crippen molar-refractivity contribution in [2.75, 3.05) is 6.61 Å². The highest BCUT2D eigenvalue weighted by molar-refractivity contribution is 9.10. The van der Waals surface area contributed by atoms with E-state index in [1.165, 1.54) is 6.92 Å². The first-order valence-electron chi connectivity index (χ1n) is 5.00. The van der Waals surface area contributed by atoms with Crippen LogP contribution in [-0.4, -0.2) is 29.5 Å². The first kappa shape index (κ1) is 14.4. The zero-order valence-corrected chi connectivity index (χ0v) is 10.9. The summed E-state index contributed by atoms with van der Waals surface area (Å²) in [6.45, 7) is 5.34. The molecule has 0 N–H and O–H groups in total. The van der Waals surface area contributed by atoms with Gasteiger partial charge in [0.2, 0.25) is 0 Å². The van der Waals surface area contributed by atoms with Crippen molar-refractivity contribution in [2.45, 2.75) is 44.5 Å². The van der Waals surface area contributed by atoms with Gasteiger partial charge in [-0.15, -0.1) is 0 Å². The van der Waals surface area contributed by atoms with Crippen LogP contribution in [0.2, 0.25) is 0 Å². The molecule has 0 fully saturated rings. The Hall–Kier alpha value is -0.580. The lowest BCUT2D eigenvalue weighted by Gasteiger charge is -2.20. The Morgan fingerprint density at radius 1 is 1.33 bits per heavy atom. The molecule has 0 aliphatic heterocycles. The first-order chi connectivity index (χ1) is 7.02. The lowest BCUT2D eigenvalue weighted by atomic mass is 10.1. The molecule has 0 spiro atoms. The van der Waals surface area contributed by atoms with Crippen LogP contribution in [0.5, 0.6) is 0 Å². The van der Waals surface area contributed by atoms with Gasteiger partial charge < -0.3 is 9.47 Å². The minimum Gasteiger partial charge on any atom is -0.465 e. The third-order valence-corrected chi connectivity index (χ3v) is 2.69. The van der Waals surface area contributed by atoms with Gasteiger partial charge >= 0.3 is 11.9 Å². The number of carbonyl (C=O) groups excluding carboxylic acids is 2. The molecule has 0 heterocycles. The number of ether oxygens (including phenoxy) is 2. The predicted molar refractivity (Wildman–Crippen MR) is 59.8 cm³/mol. The van der Waals surface area contributed by atoms with Crippen molar-refractivity contribution in [2.24, 2.45) is 0 Å². The predicted octanol–water partition coefficient (Wildman–Crippen LogP) is 2.04. The van der Waals surface area contributed by atoms with E-state index in [0.29, 0.717) is 13.0 Å². The van der Waals surface area contributed by atoms with Gasteiger partial charge in [0, 0.05) is 6.92 Å². The second-order valence-electron chi connectivity index (χ2n) is 3.09. The molecule has 0 aliphatic rings. The fourth-order valence-corrected chi connectivity index (χ4v) is 1.64. The minimum absolute atomic E-state index is 0.319. The van der Waals surface area contributed by atoms with Crippen LogP contribution in [0.4, 0.5) is 0 Å². The molecule has 0 rings (SSSR count). The summed E-state index contributed by atoms with van der Waals surface area (Å²) in [4.78, 5) is 21.6. The molecule has 0 aromatic heterocycles. The van der Waals surface area contributed by atoms with Crippen LogP contribution in [0.1, 0.15) is 33.6 Å². The van der Waals surface area contributed by atoms with Crippen molar-refractivity contribution >= 4 is 27.9 Å². The van der Waals surface area contributed by atoms with Gasteiger partial charge in [-0.25, -0.2) is 0 Å². The topological polar surface area (TPSA) is 52.6 Å². The molecule has 0 aromatic carbocycles. The molecule has 88 valence electrons. The molecule has 0 radical (unpaired) electrons. The van der Waals surface area contributed by atoms with Crippen LogP contribution in [0.25, 0.3) is 0 Å². The van der Waals surface area contributed by atoms with Gasteiger partial charge in [-0.05, 0) is 13.3 Å². The summed E-state index contributed by atoms with van der Waals surface area (Å²) in [6, 6.07) is 0. The van der Waals surface area contributed by atoms with Crippen LogP contribution >= 0.6 is 15.9 Å². The highest BCUT2D eigenvalue weighted by Crippen LogP contribution is 2.16. The number of hydrogen-bond donors (Lipinski definition) is 0. The molecular weight excluding hydrogens is 264 g/mol. The van der Waals surface area contributed by atoms with Crippen molar-refractivity contribution in [1.82, 2.24) is 0 Å². The molecule has 4 nitrogen and oxygen atoms in total. The summed E-state index contributed by atoms with van der Waals surface area (Å²) in [6.07, 6.45) is 1.01. The van der Waals surface area contributed by atoms with E-state index in [-0.39, 0.29) is 5.97 Å². The molecule has 0 saturated heterocycles. The van der Waals surface area contributed by atoms with Gasteiger partial charge in [0.05, 0.1) is 6.61 Å².